The van der Waals surface area contributed by atoms with Crippen LogP contribution < -0.4 is 5.32 Å². The molecule has 1 amide bonds. The zero-order valence-corrected chi connectivity index (χ0v) is 17.0. The second-order valence-corrected chi connectivity index (χ2v) is 7.28. The summed E-state index contributed by atoms with van der Waals surface area (Å²) in [5.41, 5.74) is 3.21. The van der Waals surface area contributed by atoms with Gasteiger partial charge in [-0.05, 0) is 47.0 Å². The number of carboxylic acid groups (broad SMARTS) is 1. The lowest BCUT2D eigenvalue weighted by Crippen LogP contribution is -2.42. The van der Waals surface area contributed by atoms with E-state index in [9.17, 15) is 19.1 Å². The van der Waals surface area contributed by atoms with Crippen molar-refractivity contribution in [2.45, 2.75) is 19.1 Å². The van der Waals surface area contributed by atoms with Crippen LogP contribution in [0.4, 0.5) is 9.18 Å². The van der Waals surface area contributed by atoms with Gasteiger partial charge in [0.2, 0.25) is 0 Å². The van der Waals surface area contributed by atoms with Gasteiger partial charge in [0.05, 0.1) is 0 Å². The fourth-order valence-corrected chi connectivity index (χ4v) is 3.40. The molecule has 1 aromatic heterocycles. The highest BCUT2D eigenvalue weighted by Crippen LogP contribution is 2.27. The molecule has 4 rings (SSSR count). The first-order chi connectivity index (χ1) is 15.5. The number of alkyl carbamates (subject to hydrolysis) is 1. The number of carboxylic acids is 1. The highest BCUT2D eigenvalue weighted by atomic mass is 19.1. The zero-order chi connectivity index (χ0) is 22.5. The fraction of sp³-hybridized carbons (Fsp3) is 0.120. The average molecular weight is 433 g/mol. The quantitative estimate of drug-likeness (QED) is 0.420. The summed E-state index contributed by atoms with van der Waals surface area (Å²) in [6, 6.07) is 21.8. The first-order valence-corrected chi connectivity index (χ1v) is 9.96. The predicted molar refractivity (Wildman–Crippen MR) is 116 cm³/mol. The molecular weight excluding hydrogens is 413 g/mol. The van der Waals surface area contributed by atoms with Crippen molar-refractivity contribution in [1.82, 2.24) is 5.32 Å². The molecule has 1 heterocycles. The van der Waals surface area contributed by atoms with Crippen molar-refractivity contribution in [3.05, 3.63) is 96.0 Å². The number of fused-ring (bicyclic) bond motifs is 1. The van der Waals surface area contributed by atoms with Crippen molar-refractivity contribution >= 4 is 23.0 Å². The van der Waals surface area contributed by atoms with Crippen LogP contribution in [0, 0.1) is 5.82 Å². The Balaban J connectivity index is 1.38. The summed E-state index contributed by atoms with van der Waals surface area (Å²) in [5.74, 6) is -1.30. The summed E-state index contributed by atoms with van der Waals surface area (Å²) < 4.78 is 24.2. The topological polar surface area (TPSA) is 88.8 Å². The molecule has 0 bridgehead atoms. The van der Waals surface area contributed by atoms with Crippen LogP contribution in [0.1, 0.15) is 11.3 Å². The van der Waals surface area contributed by atoms with Gasteiger partial charge in [0.15, 0.2) is 6.61 Å². The molecule has 0 aliphatic heterocycles. The van der Waals surface area contributed by atoms with Gasteiger partial charge in [0, 0.05) is 11.8 Å². The van der Waals surface area contributed by atoms with Gasteiger partial charge in [-0.3, -0.25) is 0 Å². The summed E-state index contributed by atoms with van der Waals surface area (Å²) in [4.78, 5) is 23.6. The summed E-state index contributed by atoms with van der Waals surface area (Å²) in [5, 5.41) is 12.5. The van der Waals surface area contributed by atoms with Gasteiger partial charge in [-0.15, -0.1) is 0 Å². The molecule has 2 N–H and O–H groups in total. The number of rotatable bonds is 7. The van der Waals surface area contributed by atoms with Gasteiger partial charge in [-0.2, -0.15) is 0 Å². The van der Waals surface area contributed by atoms with Gasteiger partial charge >= 0.3 is 12.1 Å². The van der Waals surface area contributed by atoms with E-state index in [0.717, 1.165) is 16.5 Å². The van der Waals surface area contributed by atoms with Crippen LogP contribution in [0.5, 0.6) is 0 Å². The Morgan fingerprint density at radius 2 is 1.78 bits per heavy atom. The van der Waals surface area contributed by atoms with Crippen molar-refractivity contribution in [2.75, 3.05) is 0 Å². The SMILES string of the molecule is O=C(NC(Cc1cccc(F)c1)C(=O)O)OCc1cc2cc(-c3ccccc3)ccc2o1. The molecule has 0 saturated heterocycles. The van der Waals surface area contributed by atoms with Gasteiger partial charge in [-0.25, -0.2) is 14.0 Å². The third kappa shape index (κ3) is 5.13. The highest BCUT2D eigenvalue weighted by molar-refractivity contribution is 5.84. The highest BCUT2D eigenvalue weighted by Gasteiger charge is 2.21. The van der Waals surface area contributed by atoms with E-state index >= 15 is 0 Å². The Hall–Kier alpha value is -4.13. The summed E-state index contributed by atoms with van der Waals surface area (Å²) in [6.45, 7) is -0.159. The fourth-order valence-electron chi connectivity index (χ4n) is 3.40. The second kappa shape index (κ2) is 9.34. The lowest BCUT2D eigenvalue weighted by atomic mass is 10.0. The van der Waals surface area contributed by atoms with Crippen LogP contribution in [-0.4, -0.2) is 23.2 Å². The number of ether oxygens (including phenoxy) is 1. The van der Waals surface area contributed by atoms with Crippen LogP contribution in [0.2, 0.25) is 0 Å². The van der Waals surface area contributed by atoms with Crippen LogP contribution in [0.25, 0.3) is 22.1 Å². The second-order valence-electron chi connectivity index (χ2n) is 7.28. The number of carbonyl (C=O) groups is 2. The van der Waals surface area contributed by atoms with Gasteiger partial charge in [0.1, 0.15) is 23.2 Å². The monoisotopic (exact) mass is 433 g/mol. The molecule has 0 aliphatic carbocycles. The van der Waals surface area contributed by atoms with Gasteiger partial charge in [-0.1, -0.05) is 48.5 Å². The van der Waals surface area contributed by atoms with Crippen LogP contribution in [0.15, 0.2) is 83.3 Å². The minimum atomic E-state index is -1.26. The molecule has 0 fully saturated rings. The maximum Gasteiger partial charge on any atom is 0.408 e. The number of carbonyl (C=O) groups excluding carboxylic acids is 1. The van der Waals surface area contributed by atoms with Crippen LogP contribution in [0.3, 0.4) is 0 Å². The lowest BCUT2D eigenvalue weighted by Gasteiger charge is -2.14. The molecular formula is C25H20FNO5. The Bertz CT molecular complexity index is 1250. The van der Waals surface area contributed by atoms with E-state index in [1.165, 1.54) is 18.2 Å². The van der Waals surface area contributed by atoms with Crippen LogP contribution in [-0.2, 0) is 22.6 Å². The third-order valence-electron chi connectivity index (χ3n) is 4.94. The molecule has 6 nitrogen and oxygen atoms in total. The molecule has 162 valence electrons. The van der Waals surface area contributed by atoms with Gasteiger partial charge in [0.25, 0.3) is 0 Å². The molecule has 0 saturated carbocycles. The maximum atomic E-state index is 13.3. The molecule has 1 atom stereocenters. The molecule has 0 aliphatic rings. The number of amides is 1. The van der Waals surface area contributed by atoms with Crippen molar-refractivity contribution in [3.8, 4) is 11.1 Å². The largest absolute Gasteiger partial charge is 0.480 e. The van der Waals surface area contributed by atoms with E-state index in [1.807, 2.05) is 48.5 Å². The Morgan fingerprint density at radius 1 is 0.969 bits per heavy atom. The first-order valence-electron chi connectivity index (χ1n) is 9.96. The number of halogens is 1. The smallest absolute Gasteiger partial charge is 0.408 e. The number of hydrogen-bond donors (Lipinski definition) is 2. The predicted octanol–water partition coefficient (Wildman–Crippen LogP) is 5.16. The summed E-state index contributed by atoms with van der Waals surface area (Å²) in [6.07, 6.45) is -0.978. The lowest BCUT2D eigenvalue weighted by molar-refractivity contribution is -0.139. The van der Waals surface area contributed by atoms with Crippen molar-refractivity contribution in [1.29, 1.82) is 0 Å². The van der Waals surface area contributed by atoms with Crippen molar-refractivity contribution in [2.24, 2.45) is 0 Å². The van der Waals surface area contributed by atoms with Crippen LogP contribution >= 0.6 is 0 Å². The molecule has 4 aromatic rings. The Labute approximate surface area is 183 Å². The number of aliphatic carboxylic acids is 1. The number of nitrogens with one attached hydrogen (secondary N) is 1. The number of hydrogen-bond acceptors (Lipinski definition) is 4. The molecule has 0 spiro atoms. The van der Waals surface area contributed by atoms with E-state index in [-0.39, 0.29) is 13.0 Å². The minimum Gasteiger partial charge on any atom is -0.480 e. The third-order valence-corrected chi connectivity index (χ3v) is 4.94. The Morgan fingerprint density at radius 3 is 2.53 bits per heavy atom. The molecule has 32 heavy (non-hydrogen) atoms. The van der Waals surface area contributed by atoms with Crippen molar-refractivity contribution < 1.29 is 28.2 Å². The minimum absolute atomic E-state index is 0.0743. The number of benzene rings is 3. The molecule has 0 radical (unpaired) electrons. The summed E-state index contributed by atoms with van der Waals surface area (Å²) >= 11 is 0. The average Bonchev–Trinajstić information content (AvgIpc) is 3.20. The Kier molecular flexibility index (Phi) is 6.17. The standard InChI is InChI=1S/C25H20FNO5/c26-20-8-4-5-16(11-20)12-22(24(28)29)27-25(30)31-15-21-14-19-13-18(9-10-23(19)32-21)17-6-2-1-3-7-17/h1-11,13-14,22H,12,15H2,(H,27,30)(H,28,29). The van der Waals surface area contributed by atoms with E-state index in [4.69, 9.17) is 9.15 Å². The van der Waals surface area contributed by atoms with Crippen molar-refractivity contribution in [3.63, 3.8) is 0 Å². The maximum absolute atomic E-state index is 13.3. The first kappa shape index (κ1) is 21.1. The van der Waals surface area contributed by atoms with E-state index < -0.39 is 23.9 Å². The van der Waals surface area contributed by atoms with E-state index in [2.05, 4.69) is 5.32 Å². The van der Waals surface area contributed by atoms with E-state index in [0.29, 0.717) is 16.9 Å². The molecule has 1 unspecified atom stereocenters. The normalized spacial score (nSPS) is 11.8. The van der Waals surface area contributed by atoms with E-state index in [1.54, 1.807) is 12.1 Å². The summed E-state index contributed by atoms with van der Waals surface area (Å²) in [7, 11) is 0. The van der Waals surface area contributed by atoms with Gasteiger partial charge < -0.3 is 19.6 Å². The molecule has 3 aromatic carbocycles. The number of furan rings is 1. The zero-order valence-electron chi connectivity index (χ0n) is 17.0. The molecule has 7 heteroatoms.